The van der Waals surface area contributed by atoms with Crippen molar-refractivity contribution in [3.8, 4) is 0 Å². The molecule has 0 aliphatic rings. The summed E-state index contributed by atoms with van der Waals surface area (Å²) < 4.78 is 22.7. The van der Waals surface area contributed by atoms with Crippen molar-refractivity contribution >= 4 is 27.3 Å². The van der Waals surface area contributed by atoms with Crippen LogP contribution in [0.4, 0.5) is 11.4 Å². The summed E-state index contributed by atoms with van der Waals surface area (Å²) >= 11 is 0. The third-order valence-corrected chi connectivity index (χ3v) is 4.62. The normalized spacial score (nSPS) is 12.5. The quantitative estimate of drug-likeness (QED) is 0.773. The van der Waals surface area contributed by atoms with Crippen LogP contribution in [0.5, 0.6) is 0 Å². The van der Waals surface area contributed by atoms with Crippen LogP contribution in [0.1, 0.15) is 18.1 Å². The van der Waals surface area contributed by atoms with Crippen LogP contribution in [-0.2, 0) is 14.8 Å². The van der Waals surface area contributed by atoms with Crippen molar-refractivity contribution in [2.45, 2.75) is 31.7 Å². The van der Waals surface area contributed by atoms with Gasteiger partial charge in [-0.3, -0.25) is 4.79 Å². The number of nitrogens with two attached hydrogens (primary N) is 1. The fraction of sp³-hybridized carbons (Fsp3) is 0.235. The number of carbonyl (C=O) groups excluding carboxylic acids is 1. The van der Waals surface area contributed by atoms with Crippen molar-refractivity contribution in [1.82, 2.24) is 0 Å². The second-order valence-electron chi connectivity index (χ2n) is 5.73. The first-order chi connectivity index (χ1) is 11.2. The van der Waals surface area contributed by atoms with Crippen LogP contribution in [0.3, 0.4) is 0 Å². The zero-order chi connectivity index (χ0) is 17.9. The van der Waals surface area contributed by atoms with Gasteiger partial charge in [-0.1, -0.05) is 12.1 Å². The van der Waals surface area contributed by atoms with Crippen molar-refractivity contribution in [3.63, 3.8) is 0 Å². The number of primary sulfonamides is 1. The lowest BCUT2D eigenvalue weighted by molar-refractivity contribution is -0.116. The first kappa shape index (κ1) is 18.0. The van der Waals surface area contributed by atoms with Crippen molar-refractivity contribution in [2.24, 2.45) is 5.14 Å². The van der Waals surface area contributed by atoms with Gasteiger partial charge in [0.15, 0.2) is 0 Å². The molecule has 128 valence electrons. The van der Waals surface area contributed by atoms with E-state index in [1.807, 2.05) is 32.0 Å². The second-order valence-corrected chi connectivity index (χ2v) is 7.29. The number of hydrogen-bond acceptors (Lipinski definition) is 4. The highest BCUT2D eigenvalue weighted by atomic mass is 32.2. The molecule has 2 aromatic carbocycles. The topological polar surface area (TPSA) is 101 Å². The Morgan fingerprint density at radius 2 is 1.75 bits per heavy atom. The first-order valence-electron chi connectivity index (χ1n) is 7.44. The summed E-state index contributed by atoms with van der Waals surface area (Å²) in [5.74, 6) is -0.278. The summed E-state index contributed by atoms with van der Waals surface area (Å²) in [7, 11) is -3.81. The average Bonchev–Trinajstić information content (AvgIpc) is 2.50. The van der Waals surface area contributed by atoms with Crippen LogP contribution >= 0.6 is 0 Å². The molecule has 7 heteroatoms. The Bertz CT molecular complexity index is 863. The van der Waals surface area contributed by atoms with E-state index >= 15 is 0 Å². The highest BCUT2D eigenvalue weighted by Crippen LogP contribution is 2.17. The van der Waals surface area contributed by atoms with Gasteiger partial charge in [0.25, 0.3) is 0 Å². The van der Waals surface area contributed by atoms with Gasteiger partial charge in [0.2, 0.25) is 15.9 Å². The monoisotopic (exact) mass is 347 g/mol. The minimum Gasteiger partial charge on any atom is -0.374 e. The van der Waals surface area contributed by atoms with E-state index in [2.05, 4.69) is 10.6 Å². The summed E-state index contributed by atoms with van der Waals surface area (Å²) in [6.45, 7) is 5.76. The minimum atomic E-state index is -3.81. The lowest BCUT2D eigenvalue weighted by atomic mass is 10.1. The summed E-state index contributed by atoms with van der Waals surface area (Å²) in [6.07, 6.45) is 0. The third-order valence-electron chi connectivity index (χ3n) is 3.71. The molecule has 1 amide bonds. The van der Waals surface area contributed by atoms with Crippen LogP contribution < -0.4 is 15.8 Å². The van der Waals surface area contributed by atoms with Gasteiger partial charge in [0.05, 0.1) is 4.90 Å². The molecule has 0 saturated carbocycles. The predicted octanol–water partition coefficient (Wildman–Crippen LogP) is 2.39. The molecule has 6 nitrogen and oxygen atoms in total. The zero-order valence-corrected chi connectivity index (χ0v) is 14.6. The zero-order valence-electron chi connectivity index (χ0n) is 13.8. The fourth-order valence-corrected chi connectivity index (χ4v) is 2.71. The smallest absolute Gasteiger partial charge is 0.246 e. The summed E-state index contributed by atoms with van der Waals surface area (Å²) in [6, 6.07) is 11.2. The van der Waals surface area contributed by atoms with Crippen molar-refractivity contribution < 1.29 is 13.2 Å². The molecule has 0 spiro atoms. The number of rotatable bonds is 5. The average molecular weight is 347 g/mol. The van der Waals surface area contributed by atoms with Crippen LogP contribution in [0.15, 0.2) is 47.4 Å². The largest absolute Gasteiger partial charge is 0.374 e. The second kappa shape index (κ2) is 7.02. The Morgan fingerprint density at radius 3 is 2.38 bits per heavy atom. The highest BCUT2D eigenvalue weighted by Gasteiger charge is 2.14. The summed E-state index contributed by atoms with van der Waals surface area (Å²) in [4.78, 5) is 12.2. The number of carbonyl (C=O) groups is 1. The number of nitrogens with one attached hydrogen (secondary N) is 2. The van der Waals surface area contributed by atoms with E-state index in [-0.39, 0.29) is 10.8 Å². The number of benzene rings is 2. The molecule has 0 aliphatic carbocycles. The van der Waals surface area contributed by atoms with E-state index in [0.29, 0.717) is 5.69 Å². The number of anilines is 2. The van der Waals surface area contributed by atoms with Gasteiger partial charge in [-0.2, -0.15) is 0 Å². The highest BCUT2D eigenvalue weighted by molar-refractivity contribution is 7.89. The standard InChI is InChI=1S/C17H21N3O3S/c1-11-7-8-15(9-12(11)2)19-13(3)17(21)20-14-5-4-6-16(10-14)24(18,22)23/h4-10,13,19H,1-3H3,(H,20,21)(H2,18,22,23)/t13-/m0/s1. The molecule has 2 aromatic rings. The third kappa shape index (κ3) is 4.56. The van der Waals surface area contributed by atoms with Gasteiger partial charge in [0.1, 0.15) is 6.04 Å². The van der Waals surface area contributed by atoms with Crippen molar-refractivity contribution in [3.05, 3.63) is 53.6 Å². The van der Waals surface area contributed by atoms with Gasteiger partial charge in [-0.25, -0.2) is 13.6 Å². The van der Waals surface area contributed by atoms with E-state index in [4.69, 9.17) is 5.14 Å². The number of sulfonamides is 1. The van der Waals surface area contributed by atoms with Crippen LogP contribution in [0.25, 0.3) is 0 Å². The molecule has 0 unspecified atom stereocenters. The minimum absolute atomic E-state index is 0.0462. The Hall–Kier alpha value is -2.38. The fourth-order valence-electron chi connectivity index (χ4n) is 2.15. The molecule has 0 radical (unpaired) electrons. The Labute approximate surface area is 142 Å². The predicted molar refractivity (Wildman–Crippen MR) is 95.4 cm³/mol. The van der Waals surface area contributed by atoms with Gasteiger partial charge in [-0.15, -0.1) is 0 Å². The van der Waals surface area contributed by atoms with Crippen LogP contribution in [0, 0.1) is 13.8 Å². The maximum Gasteiger partial charge on any atom is 0.246 e. The van der Waals surface area contributed by atoms with Crippen molar-refractivity contribution in [2.75, 3.05) is 10.6 Å². The molecule has 0 aromatic heterocycles. The first-order valence-corrected chi connectivity index (χ1v) is 8.99. The van der Waals surface area contributed by atoms with E-state index in [9.17, 15) is 13.2 Å². The maximum absolute atomic E-state index is 12.3. The Balaban J connectivity index is 2.07. The lowest BCUT2D eigenvalue weighted by Gasteiger charge is -2.16. The van der Waals surface area contributed by atoms with Gasteiger partial charge in [-0.05, 0) is 62.2 Å². The van der Waals surface area contributed by atoms with Gasteiger partial charge >= 0.3 is 0 Å². The number of hydrogen-bond donors (Lipinski definition) is 3. The molecule has 0 heterocycles. The molecular weight excluding hydrogens is 326 g/mol. The summed E-state index contributed by atoms with van der Waals surface area (Å²) in [5.41, 5.74) is 3.53. The molecule has 0 bridgehead atoms. The van der Waals surface area contributed by atoms with Gasteiger partial charge < -0.3 is 10.6 Å². The van der Waals surface area contributed by atoms with E-state index in [0.717, 1.165) is 11.3 Å². The van der Waals surface area contributed by atoms with E-state index < -0.39 is 16.1 Å². The molecular formula is C17H21N3O3S. The Morgan fingerprint density at radius 1 is 1.04 bits per heavy atom. The molecule has 0 saturated heterocycles. The summed E-state index contributed by atoms with van der Waals surface area (Å²) in [5, 5.41) is 10.9. The van der Waals surface area contributed by atoms with E-state index in [1.54, 1.807) is 13.0 Å². The van der Waals surface area contributed by atoms with E-state index in [1.165, 1.54) is 23.8 Å². The van der Waals surface area contributed by atoms with Crippen LogP contribution in [-0.4, -0.2) is 20.4 Å². The number of aryl methyl sites for hydroxylation is 2. The van der Waals surface area contributed by atoms with Gasteiger partial charge in [0, 0.05) is 11.4 Å². The maximum atomic E-state index is 12.3. The van der Waals surface area contributed by atoms with Crippen LogP contribution in [0.2, 0.25) is 0 Å². The Kier molecular flexibility index (Phi) is 5.26. The lowest BCUT2D eigenvalue weighted by Crippen LogP contribution is -2.32. The molecule has 24 heavy (non-hydrogen) atoms. The molecule has 2 rings (SSSR count). The molecule has 1 atom stereocenters. The molecule has 0 aliphatic heterocycles. The number of amides is 1. The molecule has 0 fully saturated rings. The van der Waals surface area contributed by atoms with Crippen molar-refractivity contribution in [1.29, 1.82) is 0 Å². The SMILES string of the molecule is Cc1ccc(N[C@@H](C)C(=O)Nc2cccc(S(N)(=O)=O)c2)cc1C. The molecule has 4 N–H and O–H groups in total.